The Bertz CT molecular complexity index is 1310. The Morgan fingerprint density at radius 1 is 1.08 bits per heavy atom. The Morgan fingerprint density at radius 3 is 2.72 bits per heavy atom. The molecule has 3 aromatic rings. The standard InChI is InChI=1S/C27H29N5O4/c1-33-23-5-3-21-24(32-23)20(18(14-28)15-29-21)6-7-27-10-8-26(9-11-27,17-36-27)30-16-19-2-4-22-25(31-19)35-13-12-34-22/h2-5,15,30H,6-13,16-17H2,1H3. The van der Waals surface area contributed by atoms with Crippen molar-refractivity contribution in [2.24, 2.45) is 0 Å². The quantitative estimate of drug-likeness (QED) is 0.535. The molecule has 0 unspecified atom stereocenters. The van der Waals surface area contributed by atoms with Gasteiger partial charge in [-0.1, -0.05) is 0 Å². The summed E-state index contributed by atoms with van der Waals surface area (Å²) in [5.41, 5.74) is 3.73. The first-order chi connectivity index (χ1) is 17.6. The Hall–Kier alpha value is -3.48. The summed E-state index contributed by atoms with van der Waals surface area (Å²) in [7, 11) is 1.59. The molecule has 9 nitrogen and oxygen atoms in total. The number of nitriles is 1. The third kappa shape index (κ3) is 4.21. The zero-order valence-electron chi connectivity index (χ0n) is 20.4. The molecule has 2 bridgehead atoms. The number of fused-ring (bicyclic) bond motifs is 5. The fourth-order valence-electron chi connectivity index (χ4n) is 5.58. The Labute approximate surface area is 209 Å². The maximum absolute atomic E-state index is 9.71. The van der Waals surface area contributed by atoms with Gasteiger partial charge in [-0.05, 0) is 62.3 Å². The number of rotatable bonds is 7. The summed E-state index contributed by atoms with van der Waals surface area (Å²) in [6.45, 7) is 2.43. The van der Waals surface area contributed by atoms with E-state index in [1.165, 1.54) is 0 Å². The molecule has 186 valence electrons. The van der Waals surface area contributed by atoms with Crippen LogP contribution < -0.4 is 19.5 Å². The highest BCUT2D eigenvalue weighted by molar-refractivity contribution is 5.80. The van der Waals surface area contributed by atoms with Gasteiger partial charge < -0.3 is 24.3 Å². The van der Waals surface area contributed by atoms with Gasteiger partial charge in [0.1, 0.15) is 19.3 Å². The average molecular weight is 488 g/mol. The van der Waals surface area contributed by atoms with Crippen LogP contribution in [-0.4, -0.2) is 53.0 Å². The summed E-state index contributed by atoms with van der Waals surface area (Å²) in [6.07, 6.45) is 7.26. The van der Waals surface area contributed by atoms with E-state index >= 15 is 0 Å². The number of methoxy groups -OCH3 is 1. The summed E-state index contributed by atoms with van der Waals surface area (Å²) < 4.78 is 23.0. The van der Waals surface area contributed by atoms with E-state index in [9.17, 15) is 5.26 Å². The largest absolute Gasteiger partial charge is 0.484 e. The van der Waals surface area contributed by atoms with E-state index in [1.54, 1.807) is 19.4 Å². The van der Waals surface area contributed by atoms with E-state index in [1.807, 2.05) is 18.2 Å². The monoisotopic (exact) mass is 487 g/mol. The number of pyridine rings is 3. The number of hydrogen-bond acceptors (Lipinski definition) is 9. The Balaban J connectivity index is 1.12. The summed E-state index contributed by atoms with van der Waals surface area (Å²) in [5.74, 6) is 1.81. The molecule has 1 aliphatic carbocycles. The molecular formula is C27H29N5O4. The molecule has 4 aliphatic rings. The van der Waals surface area contributed by atoms with Crippen molar-refractivity contribution in [1.82, 2.24) is 20.3 Å². The second-order valence-electron chi connectivity index (χ2n) is 9.89. The molecule has 0 aromatic carbocycles. The maximum Gasteiger partial charge on any atom is 0.257 e. The summed E-state index contributed by atoms with van der Waals surface area (Å²) in [4.78, 5) is 13.6. The first-order valence-corrected chi connectivity index (χ1v) is 12.5. The van der Waals surface area contributed by atoms with Crippen LogP contribution in [0, 0.1) is 11.3 Å². The van der Waals surface area contributed by atoms with Crippen molar-refractivity contribution in [2.75, 3.05) is 26.9 Å². The lowest BCUT2D eigenvalue weighted by atomic mass is 9.69. The topological polar surface area (TPSA) is 111 Å². The normalized spacial score (nSPS) is 24.4. The second-order valence-corrected chi connectivity index (χ2v) is 9.89. The van der Waals surface area contributed by atoms with Gasteiger partial charge >= 0.3 is 0 Å². The zero-order chi connectivity index (χ0) is 24.6. The molecular weight excluding hydrogens is 458 g/mol. The number of nitrogens with one attached hydrogen (secondary N) is 1. The average Bonchev–Trinajstić information content (AvgIpc) is 2.95. The number of ether oxygens (including phenoxy) is 4. The predicted molar refractivity (Wildman–Crippen MR) is 131 cm³/mol. The fraction of sp³-hybridized carbons (Fsp3) is 0.481. The molecule has 0 amide bonds. The molecule has 0 spiro atoms. The first kappa shape index (κ1) is 23.0. The van der Waals surface area contributed by atoms with Crippen molar-refractivity contribution >= 4 is 11.0 Å². The fourth-order valence-corrected chi connectivity index (χ4v) is 5.58. The molecule has 3 fully saturated rings. The van der Waals surface area contributed by atoms with Crippen molar-refractivity contribution < 1.29 is 18.9 Å². The van der Waals surface area contributed by atoms with Gasteiger partial charge in [0, 0.05) is 24.3 Å². The van der Waals surface area contributed by atoms with Crippen LogP contribution in [0.2, 0.25) is 0 Å². The van der Waals surface area contributed by atoms with Crippen LogP contribution in [0.5, 0.6) is 17.5 Å². The first-order valence-electron chi connectivity index (χ1n) is 12.5. The lowest BCUT2D eigenvalue weighted by molar-refractivity contribution is -0.165. The summed E-state index contributed by atoms with van der Waals surface area (Å²) in [5, 5.41) is 13.4. The van der Waals surface area contributed by atoms with Crippen molar-refractivity contribution in [3.05, 3.63) is 47.3 Å². The maximum atomic E-state index is 9.71. The van der Waals surface area contributed by atoms with Gasteiger partial charge in [-0.25, -0.2) is 9.97 Å². The highest BCUT2D eigenvalue weighted by Gasteiger charge is 2.49. The molecule has 2 saturated heterocycles. The van der Waals surface area contributed by atoms with Gasteiger partial charge in [-0.15, -0.1) is 0 Å². The van der Waals surface area contributed by atoms with Gasteiger partial charge in [0.2, 0.25) is 5.88 Å². The number of aryl methyl sites for hydroxylation is 1. The molecule has 3 aliphatic heterocycles. The molecule has 36 heavy (non-hydrogen) atoms. The minimum atomic E-state index is -0.167. The van der Waals surface area contributed by atoms with Gasteiger partial charge in [0.15, 0.2) is 5.75 Å². The van der Waals surface area contributed by atoms with E-state index in [0.717, 1.165) is 54.4 Å². The van der Waals surface area contributed by atoms with Gasteiger partial charge in [-0.2, -0.15) is 5.26 Å². The van der Waals surface area contributed by atoms with E-state index in [0.29, 0.717) is 55.9 Å². The number of hydrogen-bond donors (Lipinski definition) is 1. The van der Waals surface area contributed by atoms with Crippen molar-refractivity contribution in [3.63, 3.8) is 0 Å². The van der Waals surface area contributed by atoms with Crippen LogP contribution in [-0.2, 0) is 17.7 Å². The molecule has 1 saturated carbocycles. The Kier molecular flexibility index (Phi) is 5.86. The second kappa shape index (κ2) is 9.19. The third-order valence-electron chi connectivity index (χ3n) is 7.83. The van der Waals surface area contributed by atoms with Gasteiger partial charge in [-0.3, -0.25) is 4.98 Å². The molecule has 1 N–H and O–H groups in total. The van der Waals surface area contributed by atoms with Crippen LogP contribution in [0.4, 0.5) is 0 Å². The highest BCUT2D eigenvalue weighted by Crippen LogP contribution is 2.46. The van der Waals surface area contributed by atoms with E-state index in [4.69, 9.17) is 18.9 Å². The lowest BCUT2D eigenvalue weighted by Crippen LogP contribution is -2.61. The van der Waals surface area contributed by atoms with Crippen LogP contribution in [0.1, 0.15) is 48.9 Å². The van der Waals surface area contributed by atoms with Crippen LogP contribution in [0.15, 0.2) is 30.5 Å². The van der Waals surface area contributed by atoms with E-state index in [2.05, 4.69) is 26.3 Å². The van der Waals surface area contributed by atoms with E-state index < -0.39 is 0 Å². The Morgan fingerprint density at radius 2 is 1.94 bits per heavy atom. The highest BCUT2D eigenvalue weighted by atomic mass is 16.6. The number of nitrogens with zero attached hydrogens (tertiary/aromatic N) is 4. The van der Waals surface area contributed by atoms with E-state index in [-0.39, 0.29) is 11.1 Å². The SMILES string of the molecule is COc1ccc2ncc(C#N)c(CCC34CCC(NCc5ccc6c(n5)OCCO6)(CC3)CO4)c2n1. The van der Waals surface area contributed by atoms with Gasteiger partial charge in [0.05, 0.1) is 41.6 Å². The minimum absolute atomic E-state index is 0.0349. The van der Waals surface area contributed by atoms with Crippen molar-refractivity contribution in [2.45, 2.75) is 56.2 Å². The third-order valence-corrected chi connectivity index (χ3v) is 7.83. The molecule has 9 heteroatoms. The van der Waals surface area contributed by atoms with Crippen LogP contribution in [0.25, 0.3) is 11.0 Å². The number of aromatic nitrogens is 3. The molecule has 0 atom stereocenters. The minimum Gasteiger partial charge on any atom is -0.484 e. The van der Waals surface area contributed by atoms with Gasteiger partial charge in [0.25, 0.3) is 5.88 Å². The lowest BCUT2D eigenvalue weighted by Gasteiger charge is -2.53. The molecule has 6 heterocycles. The smallest absolute Gasteiger partial charge is 0.257 e. The molecule has 7 rings (SSSR count). The predicted octanol–water partition coefficient (Wildman–Crippen LogP) is 3.48. The molecule has 0 radical (unpaired) electrons. The zero-order valence-corrected chi connectivity index (χ0v) is 20.4. The summed E-state index contributed by atoms with van der Waals surface area (Å²) >= 11 is 0. The van der Waals surface area contributed by atoms with Crippen LogP contribution in [0.3, 0.4) is 0 Å². The molecule has 3 aromatic heterocycles. The van der Waals surface area contributed by atoms with Crippen LogP contribution >= 0.6 is 0 Å². The van der Waals surface area contributed by atoms with Crippen molar-refractivity contribution in [1.29, 1.82) is 5.26 Å². The summed E-state index contributed by atoms with van der Waals surface area (Å²) in [6, 6.07) is 9.90. The van der Waals surface area contributed by atoms with Crippen molar-refractivity contribution in [3.8, 4) is 23.6 Å².